The Bertz CT molecular complexity index is 698. The molecule has 0 bridgehead atoms. The summed E-state index contributed by atoms with van der Waals surface area (Å²) in [5.41, 5.74) is 3.94. The average Bonchev–Trinajstić information content (AvgIpc) is 3.20. The van der Waals surface area contributed by atoms with Gasteiger partial charge in [-0.25, -0.2) is 4.98 Å². The summed E-state index contributed by atoms with van der Waals surface area (Å²) in [5.74, 6) is 0.793. The Labute approximate surface area is 156 Å². The average molecular weight is 351 g/mol. The highest BCUT2D eigenvalue weighted by Crippen LogP contribution is 2.22. The maximum atomic E-state index is 5.90. The van der Waals surface area contributed by atoms with Crippen LogP contribution in [0.3, 0.4) is 0 Å². The third kappa shape index (κ3) is 4.63. The van der Waals surface area contributed by atoms with Gasteiger partial charge in [0.1, 0.15) is 0 Å². The van der Waals surface area contributed by atoms with Crippen molar-refractivity contribution in [1.29, 1.82) is 0 Å². The Morgan fingerprint density at radius 3 is 2.62 bits per heavy atom. The van der Waals surface area contributed by atoms with E-state index in [1.807, 2.05) is 6.07 Å². The second-order valence-corrected chi connectivity index (χ2v) is 7.45. The van der Waals surface area contributed by atoms with Gasteiger partial charge >= 0.3 is 0 Å². The van der Waals surface area contributed by atoms with E-state index in [1.165, 1.54) is 42.8 Å². The van der Waals surface area contributed by atoms with Crippen molar-refractivity contribution in [3.05, 3.63) is 59.3 Å². The van der Waals surface area contributed by atoms with Crippen LogP contribution in [0.2, 0.25) is 0 Å². The Balaban J connectivity index is 1.26. The first-order valence-corrected chi connectivity index (χ1v) is 9.97. The van der Waals surface area contributed by atoms with Gasteiger partial charge in [0.05, 0.1) is 12.3 Å². The number of benzene rings is 1. The van der Waals surface area contributed by atoms with E-state index in [2.05, 4.69) is 46.2 Å². The molecule has 4 heteroatoms. The van der Waals surface area contributed by atoms with Crippen LogP contribution in [0.25, 0.3) is 0 Å². The molecule has 4 nitrogen and oxygen atoms in total. The molecule has 2 aliphatic rings. The quantitative estimate of drug-likeness (QED) is 0.714. The van der Waals surface area contributed by atoms with Gasteiger partial charge in [-0.05, 0) is 43.5 Å². The van der Waals surface area contributed by atoms with Gasteiger partial charge in [0.25, 0.3) is 0 Å². The number of aromatic nitrogens is 1. The Kier molecular flexibility index (Phi) is 5.82. The number of ether oxygens (including phenoxy) is 1. The third-order valence-corrected chi connectivity index (χ3v) is 5.42. The van der Waals surface area contributed by atoms with Crippen LogP contribution < -0.4 is 4.74 Å². The molecule has 2 aromatic rings. The number of nitrogens with zero attached hydrogens (tertiary/aromatic N) is 3. The maximum absolute atomic E-state index is 5.90. The van der Waals surface area contributed by atoms with Crippen LogP contribution in [0.1, 0.15) is 36.1 Å². The van der Waals surface area contributed by atoms with Crippen molar-refractivity contribution in [2.75, 3.05) is 32.8 Å². The minimum absolute atomic E-state index is 0.766. The summed E-state index contributed by atoms with van der Waals surface area (Å²) in [6.45, 7) is 7.49. The summed E-state index contributed by atoms with van der Waals surface area (Å²) in [5, 5.41) is 0. The zero-order valence-electron chi connectivity index (χ0n) is 15.6. The maximum Gasteiger partial charge on any atom is 0.213 e. The molecule has 0 aliphatic carbocycles. The van der Waals surface area contributed by atoms with Crippen molar-refractivity contribution in [2.45, 2.75) is 38.8 Å². The molecule has 138 valence electrons. The fourth-order valence-electron chi connectivity index (χ4n) is 3.98. The van der Waals surface area contributed by atoms with E-state index in [-0.39, 0.29) is 0 Å². The van der Waals surface area contributed by atoms with Crippen LogP contribution in [0.5, 0.6) is 5.88 Å². The van der Waals surface area contributed by atoms with E-state index in [9.17, 15) is 0 Å². The van der Waals surface area contributed by atoms with Gasteiger partial charge in [0.15, 0.2) is 0 Å². The van der Waals surface area contributed by atoms with Gasteiger partial charge in [-0.2, -0.15) is 0 Å². The first-order chi connectivity index (χ1) is 12.9. The van der Waals surface area contributed by atoms with E-state index < -0.39 is 0 Å². The lowest BCUT2D eigenvalue weighted by Crippen LogP contribution is -2.30. The van der Waals surface area contributed by atoms with Crippen molar-refractivity contribution in [1.82, 2.24) is 14.8 Å². The molecule has 1 fully saturated rings. The van der Waals surface area contributed by atoms with Crippen LogP contribution in [0.15, 0.2) is 42.5 Å². The van der Waals surface area contributed by atoms with Gasteiger partial charge in [-0.3, -0.25) is 4.90 Å². The van der Waals surface area contributed by atoms with Gasteiger partial charge in [-0.15, -0.1) is 0 Å². The van der Waals surface area contributed by atoms with Crippen LogP contribution in [-0.2, 0) is 19.5 Å². The first kappa shape index (κ1) is 17.5. The lowest BCUT2D eigenvalue weighted by atomic mass is 10.0. The monoisotopic (exact) mass is 351 g/mol. The molecule has 0 radical (unpaired) electrons. The van der Waals surface area contributed by atoms with Gasteiger partial charge in [-0.1, -0.05) is 36.4 Å². The molecule has 3 heterocycles. The Morgan fingerprint density at radius 2 is 1.77 bits per heavy atom. The van der Waals surface area contributed by atoms with Crippen molar-refractivity contribution >= 4 is 0 Å². The van der Waals surface area contributed by atoms with E-state index in [4.69, 9.17) is 9.72 Å². The molecule has 1 saturated heterocycles. The lowest BCUT2D eigenvalue weighted by molar-refractivity contribution is 0.238. The van der Waals surface area contributed by atoms with Crippen molar-refractivity contribution in [3.8, 4) is 5.88 Å². The third-order valence-electron chi connectivity index (χ3n) is 5.42. The van der Waals surface area contributed by atoms with Crippen molar-refractivity contribution in [2.24, 2.45) is 0 Å². The molecule has 26 heavy (non-hydrogen) atoms. The largest absolute Gasteiger partial charge is 0.478 e. The Morgan fingerprint density at radius 1 is 0.923 bits per heavy atom. The van der Waals surface area contributed by atoms with Crippen molar-refractivity contribution in [3.63, 3.8) is 0 Å². The van der Waals surface area contributed by atoms with Gasteiger partial charge in [0.2, 0.25) is 5.88 Å². The topological polar surface area (TPSA) is 28.6 Å². The van der Waals surface area contributed by atoms with Crippen LogP contribution in [-0.4, -0.2) is 47.6 Å². The number of hydrogen-bond acceptors (Lipinski definition) is 4. The van der Waals surface area contributed by atoms with E-state index >= 15 is 0 Å². The molecule has 0 N–H and O–H groups in total. The molecule has 2 aliphatic heterocycles. The molecule has 0 unspecified atom stereocenters. The SMILES string of the molecule is c1ccc(CN2CCc3nc(OCCCN4CCCC4)ccc3C2)cc1. The molecule has 1 aromatic heterocycles. The van der Waals surface area contributed by atoms with Crippen LogP contribution in [0.4, 0.5) is 0 Å². The summed E-state index contributed by atoms with van der Waals surface area (Å²) >= 11 is 0. The van der Waals surface area contributed by atoms with Crippen LogP contribution >= 0.6 is 0 Å². The second-order valence-electron chi connectivity index (χ2n) is 7.45. The first-order valence-electron chi connectivity index (χ1n) is 9.97. The lowest BCUT2D eigenvalue weighted by Gasteiger charge is -2.28. The molecule has 0 atom stereocenters. The number of likely N-dealkylation sites (tertiary alicyclic amines) is 1. The minimum Gasteiger partial charge on any atom is -0.478 e. The molecule has 4 rings (SSSR count). The van der Waals surface area contributed by atoms with Gasteiger partial charge < -0.3 is 9.64 Å². The normalized spacial score (nSPS) is 18.0. The number of hydrogen-bond donors (Lipinski definition) is 0. The van der Waals surface area contributed by atoms with E-state index in [0.717, 1.165) is 51.5 Å². The molecule has 1 aromatic carbocycles. The van der Waals surface area contributed by atoms with E-state index in [1.54, 1.807) is 0 Å². The predicted octanol–water partition coefficient (Wildman–Crippen LogP) is 3.50. The minimum atomic E-state index is 0.766. The summed E-state index contributed by atoms with van der Waals surface area (Å²) in [6, 6.07) is 14.9. The highest BCUT2D eigenvalue weighted by atomic mass is 16.5. The zero-order valence-corrected chi connectivity index (χ0v) is 15.6. The zero-order chi connectivity index (χ0) is 17.6. The highest BCUT2D eigenvalue weighted by molar-refractivity contribution is 5.28. The smallest absolute Gasteiger partial charge is 0.213 e. The van der Waals surface area contributed by atoms with Crippen molar-refractivity contribution < 1.29 is 4.74 Å². The standard InChI is InChI=1S/C22H29N3O/c1-2-7-19(8-3-1)17-25-15-11-21-20(18-25)9-10-22(23-21)26-16-6-14-24-12-4-5-13-24/h1-3,7-10H,4-6,11-18H2. The molecule has 0 spiro atoms. The fraction of sp³-hybridized carbons (Fsp3) is 0.500. The second kappa shape index (κ2) is 8.65. The van der Waals surface area contributed by atoms with Gasteiger partial charge in [0, 0.05) is 38.7 Å². The Hall–Kier alpha value is -1.91. The predicted molar refractivity (Wildman–Crippen MR) is 104 cm³/mol. The summed E-state index contributed by atoms with van der Waals surface area (Å²) in [4.78, 5) is 9.79. The van der Waals surface area contributed by atoms with Crippen LogP contribution in [0, 0.1) is 0 Å². The molecular weight excluding hydrogens is 322 g/mol. The highest BCUT2D eigenvalue weighted by Gasteiger charge is 2.18. The summed E-state index contributed by atoms with van der Waals surface area (Å²) < 4.78 is 5.90. The fourth-order valence-corrected chi connectivity index (χ4v) is 3.98. The van der Waals surface area contributed by atoms with E-state index in [0.29, 0.717) is 0 Å². The number of fused-ring (bicyclic) bond motifs is 1. The molecule has 0 saturated carbocycles. The molecule has 0 amide bonds. The summed E-state index contributed by atoms with van der Waals surface area (Å²) in [7, 11) is 0. The number of rotatable bonds is 7. The molecular formula is C22H29N3O. The number of pyridine rings is 1. The summed E-state index contributed by atoms with van der Waals surface area (Å²) in [6.07, 6.45) is 4.81.